The van der Waals surface area contributed by atoms with E-state index in [0.717, 1.165) is 19.4 Å². The predicted octanol–water partition coefficient (Wildman–Crippen LogP) is 3.47. The normalized spacial score (nSPS) is 11.4. The summed E-state index contributed by atoms with van der Waals surface area (Å²) in [6.45, 7) is 2.96. The van der Waals surface area contributed by atoms with Gasteiger partial charge in [0.15, 0.2) is 6.35 Å². The third kappa shape index (κ3) is 3.29. The Balaban J connectivity index is 2.20. The molecule has 122 valence electrons. The number of hydrogen-bond acceptors (Lipinski definition) is 1. The fourth-order valence-corrected chi connectivity index (χ4v) is 3.44. The van der Waals surface area contributed by atoms with Crippen LogP contribution in [0.15, 0.2) is 91.0 Å². The van der Waals surface area contributed by atoms with Crippen molar-refractivity contribution in [3.05, 3.63) is 91.0 Å². The smallest absolute Gasteiger partial charge is 0.197 e. The largest absolute Gasteiger partial charge is 0.579 e. The van der Waals surface area contributed by atoms with E-state index in [2.05, 4.69) is 97.9 Å². The van der Waals surface area contributed by atoms with Crippen molar-refractivity contribution in [1.29, 1.82) is 0 Å². The molecule has 0 aromatic heterocycles. The van der Waals surface area contributed by atoms with Crippen molar-refractivity contribution in [2.24, 2.45) is 0 Å². The molecule has 0 spiro atoms. The lowest BCUT2D eigenvalue weighted by atomic mass is 9.28. The monoisotopic (exact) mass is 315 g/mol. The van der Waals surface area contributed by atoms with Crippen molar-refractivity contribution in [2.45, 2.75) is 19.8 Å². The molecule has 0 atom stereocenters. The van der Waals surface area contributed by atoms with Crippen LogP contribution in [0.25, 0.3) is 0 Å². The lowest BCUT2D eigenvalue weighted by Gasteiger charge is -2.44. The van der Waals surface area contributed by atoms with Crippen molar-refractivity contribution in [3.63, 3.8) is 0 Å². The van der Waals surface area contributed by atoms with E-state index in [1.807, 2.05) is 0 Å². The van der Waals surface area contributed by atoms with Crippen LogP contribution >= 0.6 is 0 Å². The first-order valence-electron chi connectivity index (χ1n) is 8.83. The average Bonchev–Trinajstić information content (AvgIpc) is 2.68. The van der Waals surface area contributed by atoms with Crippen LogP contribution in [-0.4, -0.2) is 13.0 Å². The van der Waals surface area contributed by atoms with Gasteiger partial charge in [-0.05, 0) is 6.42 Å². The standard InChI is InChI=1S/C22H24BO/c1-2-3-19-24-23(20-13-7-4-8-14-20,21-15-9-5-10-16-21)22-17-11-6-12-18-22/h4-18H,2-3,19H2,1H3/q-1. The molecule has 3 rings (SSSR count). The zero-order valence-corrected chi connectivity index (χ0v) is 14.3. The SMILES string of the molecule is CCCCO[B-](c1ccccc1)(c1ccccc1)c1ccccc1. The molecule has 0 heterocycles. The first kappa shape index (κ1) is 16.5. The summed E-state index contributed by atoms with van der Waals surface area (Å²) in [6.07, 6.45) is 0.774. The molecule has 0 fully saturated rings. The van der Waals surface area contributed by atoms with Gasteiger partial charge in [-0.2, -0.15) is 16.4 Å². The van der Waals surface area contributed by atoms with Crippen molar-refractivity contribution >= 4 is 22.7 Å². The molecule has 0 saturated heterocycles. The number of hydrogen-bond donors (Lipinski definition) is 0. The molecule has 0 amide bonds. The zero-order chi connectivity index (χ0) is 16.7. The van der Waals surface area contributed by atoms with Crippen LogP contribution in [0.1, 0.15) is 19.8 Å². The summed E-state index contributed by atoms with van der Waals surface area (Å²) in [5, 5.41) is 0. The maximum atomic E-state index is 6.69. The van der Waals surface area contributed by atoms with E-state index >= 15 is 0 Å². The van der Waals surface area contributed by atoms with Crippen LogP contribution in [0.4, 0.5) is 0 Å². The summed E-state index contributed by atoms with van der Waals surface area (Å²) in [4.78, 5) is 0. The van der Waals surface area contributed by atoms with E-state index in [4.69, 9.17) is 4.65 Å². The van der Waals surface area contributed by atoms with Gasteiger partial charge >= 0.3 is 0 Å². The second kappa shape index (κ2) is 7.98. The Morgan fingerprint density at radius 1 is 0.625 bits per heavy atom. The van der Waals surface area contributed by atoms with E-state index in [1.165, 1.54) is 16.4 Å². The molecule has 0 aliphatic heterocycles. The lowest BCUT2D eigenvalue weighted by Crippen LogP contribution is -2.69. The van der Waals surface area contributed by atoms with E-state index in [9.17, 15) is 0 Å². The van der Waals surface area contributed by atoms with Gasteiger partial charge in [0.25, 0.3) is 0 Å². The fourth-order valence-electron chi connectivity index (χ4n) is 3.44. The highest BCUT2D eigenvalue weighted by Gasteiger charge is 2.30. The summed E-state index contributed by atoms with van der Waals surface area (Å²) in [5.41, 5.74) is 3.68. The molecule has 0 aliphatic carbocycles. The summed E-state index contributed by atoms with van der Waals surface area (Å²) < 4.78 is 6.69. The van der Waals surface area contributed by atoms with Crippen LogP contribution < -0.4 is 16.4 Å². The maximum absolute atomic E-state index is 6.69. The van der Waals surface area contributed by atoms with Crippen LogP contribution in [0.2, 0.25) is 0 Å². The molecule has 0 aliphatic rings. The van der Waals surface area contributed by atoms with Crippen LogP contribution in [0, 0.1) is 0 Å². The van der Waals surface area contributed by atoms with Crippen molar-refractivity contribution in [2.75, 3.05) is 6.61 Å². The second-order valence-corrected chi connectivity index (χ2v) is 6.24. The Hall–Kier alpha value is -2.32. The minimum absolute atomic E-state index is 0.759. The summed E-state index contributed by atoms with van der Waals surface area (Å²) >= 11 is 0. The Bertz CT molecular complexity index is 629. The van der Waals surface area contributed by atoms with Gasteiger partial charge in [0.2, 0.25) is 0 Å². The highest BCUT2D eigenvalue weighted by molar-refractivity contribution is 7.07. The predicted molar refractivity (Wildman–Crippen MR) is 105 cm³/mol. The summed E-state index contributed by atoms with van der Waals surface area (Å²) in [7, 11) is 0. The first-order chi connectivity index (χ1) is 11.9. The minimum Gasteiger partial charge on any atom is -0.579 e. The average molecular weight is 315 g/mol. The molecule has 24 heavy (non-hydrogen) atoms. The van der Waals surface area contributed by atoms with Crippen molar-refractivity contribution in [1.82, 2.24) is 0 Å². The van der Waals surface area contributed by atoms with Gasteiger partial charge in [0.1, 0.15) is 0 Å². The quantitative estimate of drug-likeness (QED) is 0.479. The number of rotatable bonds is 7. The Morgan fingerprint density at radius 2 is 1.00 bits per heavy atom. The summed E-state index contributed by atoms with van der Waals surface area (Å²) in [6, 6.07) is 31.9. The van der Waals surface area contributed by atoms with Gasteiger partial charge in [0.05, 0.1) is 0 Å². The van der Waals surface area contributed by atoms with Gasteiger partial charge in [-0.3, -0.25) is 0 Å². The Kier molecular flexibility index (Phi) is 5.50. The van der Waals surface area contributed by atoms with Crippen LogP contribution in [0.3, 0.4) is 0 Å². The van der Waals surface area contributed by atoms with Crippen molar-refractivity contribution < 1.29 is 4.65 Å². The topological polar surface area (TPSA) is 9.23 Å². The minimum atomic E-state index is -1.42. The van der Waals surface area contributed by atoms with Gasteiger partial charge < -0.3 is 4.65 Å². The van der Waals surface area contributed by atoms with Gasteiger partial charge in [-0.1, -0.05) is 104 Å². The highest BCUT2D eigenvalue weighted by atomic mass is 16.4. The third-order valence-electron chi connectivity index (χ3n) is 4.67. The molecule has 1 nitrogen and oxygen atoms in total. The van der Waals surface area contributed by atoms with Gasteiger partial charge in [0, 0.05) is 6.61 Å². The molecule has 0 N–H and O–H groups in total. The maximum Gasteiger partial charge on any atom is 0.197 e. The van der Waals surface area contributed by atoms with E-state index in [0.29, 0.717) is 0 Å². The fraction of sp³-hybridized carbons (Fsp3) is 0.182. The van der Waals surface area contributed by atoms with E-state index in [1.54, 1.807) is 0 Å². The van der Waals surface area contributed by atoms with E-state index < -0.39 is 6.35 Å². The molecule has 2 heteroatoms. The second-order valence-electron chi connectivity index (χ2n) is 6.24. The molecule has 3 aromatic carbocycles. The molecular weight excluding hydrogens is 291 g/mol. The van der Waals surface area contributed by atoms with Gasteiger partial charge in [-0.15, -0.1) is 0 Å². The van der Waals surface area contributed by atoms with Crippen LogP contribution in [0.5, 0.6) is 0 Å². The molecule has 3 aromatic rings. The van der Waals surface area contributed by atoms with Crippen LogP contribution in [-0.2, 0) is 4.65 Å². The lowest BCUT2D eigenvalue weighted by molar-refractivity contribution is 0.314. The number of unbranched alkanes of at least 4 members (excludes halogenated alkanes) is 1. The Labute approximate surface area is 145 Å². The zero-order valence-electron chi connectivity index (χ0n) is 14.3. The highest BCUT2D eigenvalue weighted by Crippen LogP contribution is 2.10. The molecule has 0 saturated carbocycles. The molecule has 0 radical (unpaired) electrons. The third-order valence-corrected chi connectivity index (χ3v) is 4.67. The molecule has 0 bridgehead atoms. The molecular formula is C22H24BO-. The molecule has 0 unspecified atom stereocenters. The van der Waals surface area contributed by atoms with E-state index in [-0.39, 0.29) is 0 Å². The van der Waals surface area contributed by atoms with Gasteiger partial charge in [-0.25, -0.2) is 0 Å². The first-order valence-corrected chi connectivity index (χ1v) is 8.83. The number of benzene rings is 3. The Morgan fingerprint density at radius 3 is 1.33 bits per heavy atom. The van der Waals surface area contributed by atoms with Crippen molar-refractivity contribution in [3.8, 4) is 0 Å². The summed E-state index contributed by atoms with van der Waals surface area (Å²) in [5.74, 6) is 0.